The lowest BCUT2D eigenvalue weighted by atomic mass is 9.90. The smallest absolute Gasteiger partial charge is 0.192 e. The minimum Gasteiger partial charge on any atom is -0.485 e. The van der Waals surface area contributed by atoms with E-state index >= 15 is 0 Å². The van der Waals surface area contributed by atoms with Gasteiger partial charge < -0.3 is 14.3 Å². The van der Waals surface area contributed by atoms with Crippen LogP contribution in [-0.2, 0) is 4.43 Å². The van der Waals surface area contributed by atoms with Gasteiger partial charge in [0.05, 0.1) is 12.7 Å². The average Bonchev–Trinajstić information content (AvgIpc) is 2.38. The number of fused-ring (bicyclic) bond motifs is 1. The zero-order valence-electron chi connectivity index (χ0n) is 15.3. The number of hydrogen-bond acceptors (Lipinski definition) is 3. The summed E-state index contributed by atoms with van der Waals surface area (Å²) < 4.78 is 13.6. The molecule has 1 heterocycles. The Bertz CT molecular complexity index is 595. The van der Waals surface area contributed by atoms with Gasteiger partial charge in [-0.1, -0.05) is 36.7 Å². The first-order chi connectivity index (χ1) is 10.3. The van der Waals surface area contributed by atoms with Gasteiger partial charge in [0.15, 0.2) is 8.32 Å². The van der Waals surface area contributed by atoms with Gasteiger partial charge in [-0.3, -0.25) is 0 Å². The van der Waals surface area contributed by atoms with Crippen molar-refractivity contribution in [1.29, 1.82) is 0 Å². The van der Waals surface area contributed by atoms with E-state index in [0.717, 1.165) is 21.3 Å². The van der Waals surface area contributed by atoms with E-state index in [1.54, 1.807) is 0 Å². The molecular formula is C18H29BrO3Si. The van der Waals surface area contributed by atoms with Crippen LogP contribution in [0.3, 0.4) is 0 Å². The number of hydrogen-bond donors (Lipinski definition) is 1. The number of rotatable bonds is 3. The summed E-state index contributed by atoms with van der Waals surface area (Å²) in [5.41, 5.74) is 1.47. The van der Waals surface area contributed by atoms with Crippen molar-refractivity contribution in [2.75, 3.05) is 6.61 Å². The molecule has 130 valence electrons. The number of benzene rings is 1. The van der Waals surface area contributed by atoms with Crippen molar-refractivity contribution in [3.63, 3.8) is 0 Å². The first-order valence-corrected chi connectivity index (χ1v) is 11.9. The summed E-state index contributed by atoms with van der Waals surface area (Å²) in [4.78, 5) is 0. The lowest BCUT2D eigenvalue weighted by Gasteiger charge is -2.42. The summed E-state index contributed by atoms with van der Waals surface area (Å²) in [5.74, 6) is 0.752. The van der Waals surface area contributed by atoms with Gasteiger partial charge in [-0.25, -0.2) is 0 Å². The van der Waals surface area contributed by atoms with Crippen LogP contribution in [0.15, 0.2) is 16.6 Å². The molecule has 2 rings (SSSR count). The third-order valence-electron chi connectivity index (χ3n) is 5.18. The molecule has 1 aromatic rings. The van der Waals surface area contributed by atoms with Crippen molar-refractivity contribution in [1.82, 2.24) is 0 Å². The van der Waals surface area contributed by atoms with Crippen molar-refractivity contribution in [2.24, 2.45) is 0 Å². The molecule has 2 atom stereocenters. The highest BCUT2D eigenvalue weighted by atomic mass is 79.9. The Balaban J connectivity index is 2.20. The van der Waals surface area contributed by atoms with E-state index in [2.05, 4.69) is 49.8 Å². The molecule has 1 aromatic carbocycles. The molecule has 0 fully saturated rings. The van der Waals surface area contributed by atoms with Crippen LogP contribution in [0, 0.1) is 6.92 Å². The SMILES string of the molecule is Cc1cc2c(cc1Br)OC(C)(CO[Si](C)(C)C(C)(C)C)CC2O. The molecule has 23 heavy (non-hydrogen) atoms. The summed E-state index contributed by atoms with van der Waals surface area (Å²) in [6, 6.07) is 3.95. The molecule has 0 amide bonds. The molecule has 3 nitrogen and oxygen atoms in total. The molecule has 5 heteroatoms. The third kappa shape index (κ3) is 4.01. The predicted octanol–water partition coefficient (Wildman–Crippen LogP) is 5.35. The molecule has 2 unspecified atom stereocenters. The number of aliphatic hydroxyl groups is 1. The van der Waals surface area contributed by atoms with Gasteiger partial charge in [-0.2, -0.15) is 0 Å². The summed E-state index contributed by atoms with van der Waals surface area (Å²) >= 11 is 3.54. The van der Waals surface area contributed by atoms with E-state index < -0.39 is 20.0 Å². The highest BCUT2D eigenvalue weighted by Gasteiger charge is 2.42. The van der Waals surface area contributed by atoms with Crippen LogP contribution < -0.4 is 4.74 Å². The highest BCUT2D eigenvalue weighted by molar-refractivity contribution is 9.10. The zero-order valence-corrected chi connectivity index (χ0v) is 17.9. The van der Waals surface area contributed by atoms with Crippen LogP contribution in [0.1, 0.15) is 51.3 Å². The van der Waals surface area contributed by atoms with E-state index in [9.17, 15) is 5.11 Å². The van der Waals surface area contributed by atoms with Gasteiger partial charge in [0.1, 0.15) is 11.4 Å². The monoisotopic (exact) mass is 400 g/mol. The predicted molar refractivity (Wildman–Crippen MR) is 101 cm³/mol. The van der Waals surface area contributed by atoms with Gasteiger partial charge >= 0.3 is 0 Å². The maximum atomic E-state index is 10.6. The Labute approximate surface area is 149 Å². The Morgan fingerprint density at radius 2 is 2.00 bits per heavy atom. The lowest BCUT2D eigenvalue weighted by Crippen LogP contribution is -2.49. The first-order valence-electron chi connectivity index (χ1n) is 8.16. The average molecular weight is 401 g/mol. The summed E-state index contributed by atoms with van der Waals surface area (Å²) in [7, 11) is -1.84. The standard InChI is InChI=1S/C18H29BrO3Si/c1-12-8-13-15(20)10-18(5,22-16(13)9-14(12)19)11-21-23(6,7)17(2,3)4/h8-9,15,20H,10-11H2,1-7H3. The summed E-state index contributed by atoms with van der Waals surface area (Å²) in [5, 5.41) is 10.7. The highest BCUT2D eigenvalue weighted by Crippen LogP contribution is 2.43. The first kappa shape index (κ1) is 19.0. The Morgan fingerprint density at radius 3 is 2.57 bits per heavy atom. The van der Waals surface area contributed by atoms with Gasteiger partial charge in [0, 0.05) is 16.5 Å². The van der Waals surface area contributed by atoms with E-state index in [1.807, 2.05) is 26.0 Å². The van der Waals surface area contributed by atoms with Gasteiger partial charge in [-0.15, -0.1) is 0 Å². The Morgan fingerprint density at radius 1 is 1.39 bits per heavy atom. The largest absolute Gasteiger partial charge is 0.485 e. The minimum absolute atomic E-state index is 0.161. The number of halogens is 1. The second-order valence-electron chi connectivity index (χ2n) is 8.46. The fourth-order valence-corrected chi connectivity index (χ4v) is 3.92. The second-order valence-corrected chi connectivity index (χ2v) is 14.1. The maximum absolute atomic E-state index is 10.6. The quantitative estimate of drug-likeness (QED) is 0.694. The number of ether oxygens (including phenoxy) is 1. The van der Waals surface area contributed by atoms with Crippen LogP contribution in [0.5, 0.6) is 5.75 Å². The molecule has 0 saturated heterocycles. The Hall–Kier alpha value is -0.363. The van der Waals surface area contributed by atoms with E-state index in [-0.39, 0.29) is 5.04 Å². The minimum atomic E-state index is -1.84. The topological polar surface area (TPSA) is 38.7 Å². The molecule has 0 spiro atoms. The van der Waals surface area contributed by atoms with Gasteiger partial charge in [0.25, 0.3) is 0 Å². The zero-order chi connectivity index (χ0) is 17.6. The molecular weight excluding hydrogens is 372 g/mol. The lowest BCUT2D eigenvalue weighted by molar-refractivity contribution is -0.0333. The van der Waals surface area contributed by atoms with Crippen molar-refractivity contribution < 1.29 is 14.3 Å². The summed E-state index contributed by atoms with van der Waals surface area (Å²) in [6.07, 6.45) is 0.0361. The van der Waals surface area contributed by atoms with Crippen molar-refractivity contribution >= 4 is 24.2 Å². The van der Waals surface area contributed by atoms with Crippen LogP contribution in [-0.4, -0.2) is 25.6 Å². The molecule has 0 saturated carbocycles. The number of aryl methyl sites for hydroxylation is 1. The second kappa shape index (κ2) is 6.17. The van der Waals surface area contributed by atoms with Crippen molar-refractivity contribution in [3.05, 3.63) is 27.7 Å². The normalized spacial score (nSPS) is 25.0. The molecule has 1 aliphatic heterocycles. The molecule has 0 bridgehead atoms. The van der Waals surface area contributed by atoms with Crippen LogP contribution >= 0.6 is 15.9 Å². The van der Waals surface area contributed by atoms with Crippen molar-refractivity contribution in [3.8, 4) is 5.75 Å². The molecule has 0 radical (unpaired) electrons. The molecule has 1 N–H and O–H groups in total. The van der Waals surface area contributed by atoms with Gasteiger partial charge in [-0.05, 0) is 49.7 Å². The van der Waals surface area contributed by atoms with Crippen molar-refractivity contribution in [2.45, 2.75) is 70.9 Å². The maximum Gasteiger partial charge on any atom is 0.192 e. The van der Waals surface area contributed by atoms with E-state index in [4.69, 9.17) is 9.16 Å². The van der Waals surface area contributed by atoms with Crippen LogP contribution in [0.25, 0.3) is 0 Å². The van der Waals surface area contributed by atoms with E-state index in [0.29, 0.717) is 13.0 Å². The molecule has 0 aliphatic carbocycles. The fourth-order valence-electron chi connectivity index (χ4n) is 2.50. The van der Waals surface area contributed by atoms with Gasteiger partial charge in [0.2, 0.25) is 0 Å². The summed E-state index contributed by atoms with van der Waals surface area (Å²) in [6.45, 7) is 15.7. The van der Waals surface area contributed by atoms with Crippen LogP contribution in [0.2, 0.25) is 18.1 Å². The Kier molecular flexibility index (Phi) is 5.09. The number of aliphatic hydroxyl groups excluding tert-OH is 1. The molecule has 0 aromatic heterocycles. The fraction of sp³-hybridized carbons (Fsp3) is 0.667. The third-order valence-corrected chi connectivity index (χ3v) is 10.5. The van der Waals surface area contributed by atoms with Crippen LogP contribution in [0.4, 0.5) is 0 Å². The van der Waals surface area contributed by atoms with E-state index in [1.165, 1.54) is 0 Å². The molecule has 1 aliphatic rings.